The molecule has 1 aromatic rings. The molecule has 0 unspecified atom stereocenters. The van der Waals surface area contributed by atoms with Crippen LogP contribution in [0.4, 0.5) is 5.69 Å². The van der Waals surface area contributed by atoms with Gasteiger partial charge in [-0.05, 0) is 26.0 Å². The lowest BCUT2D eigenvalue weighted by Crippen LogP contribution is -1.90. The van der Waals surface area contributed by atoms with E-state index >= 15 is 0 Å². The first kappa shape index (κ1) is 9.52. The van der Waals surface area contributed by atoms with Gasteiger partial charge < -0.3 is 5.32 Å². The molecule has 2 nitrogen and oxygen atoms in total. The number of anilines is 1. The van der Waals surface area contributed by atoms with Gasteiger partial charge in [-0.25, -0.2) is 0 Å². The lowest BCUT2D eigenvalue weighted by molar-refractivity contribution is -0.104. The maximum Gasteiger partial charge on any atom is 0.147 e. The standard InChI is InChI=1S/C11H13NO/c1-9-3-5-11(6-4-9)12-7-10(2)8-13/h3-8,12H,1-2H3/b10-7+. The second-order valence-corrected chi connectivity index (χ2v) is 3.02. The second kappa shape index (κ2) is 4.45. The van der Waals surface area contributed by atoms with Gasteiger partial charge in [0.2, 0.25) is 0 Å². The Bertz CT molecular complexity index is 311. The zero-order chi connectivity index (χ0) is 9.68. The number of aryl methyl sites for hydroxylation is 1. The fraction of sp³-hybridized carbons (Fsp3) is 0.182. The molecule has 0 aliphatic heterocycles. The van der Waals surface area contributed by atoms with Crippen molar-refractivity contribution < 1.29 is 4.79 Å². The summed E-state index contributed by atoms with van der Waals surface area (Å²) < 4.78 is 0. The Labute approximate surface area is 78.3 Å². The van der Waals surface area contributed by atoms with Gasteiger partial charge in [-0.2, -0.15) is 0 Å². The van der Waals surface area contributed by atoms with E-state index in [9.17, 15) is 4.79 Å². The Hall–Kier alpha value is -1.57. The summed E-state index contributed by atoms with van der Waals surface area (Å²) >= 11 is 0. The highest BCUT2D eigenvalue weighted by Gasteiger charge is 1.88. The molecule has 0 heterocycles. The number of hydrogen-bond donors (Lipinski definition) is 1. The summed E-state index contributed by atoms with van der Waals surface area (Å²) in [6.45, 7) is 3.80. The topological polar surface area (TPSA) is 29.1 Å². The van der Waals surface area contributed by atoms with E-state index in [1.165, 1.54) is 5.56 Å². The van der Waals surface area contributed by atoms with E-state index in [-0.39, 0.29) is 0 Å². The van der Waals surface area contributed by atoms with Gasteiger partial charge >= 0.3 is 0 Å². The average molecular weight is 175 g/mol. The lowest BCUT2D eigenvalue weighted by atomic mass is 10.2. The van der Waals surface area contributed by atoms with Gasteiger partial charge in [0.15, 0.2) is 0 Å². The van der Waals surface area contributed by atoms with Crippen molar-refractivity contribution in [2.75, 3.05) is 5.32 Å². The Morgan fingerprint density at radius 3 is 2.46 bits per heavy atom. The van der Waals surface area contributed by atoms with Crippen LogP contribution in [0.2, 0.25) is 0 Å². The van der Waals surface area contributed by atoms with Crippen molar-refractivity contribution in [3.8, 4) is 0 Å². The van der Waals surface area contributed by atoms with Crippen LogP contribution in [0.5, 0.6) is 0 Å². The minimum Gasteiger partial charge on any atom is -0.361 e. The van der Waals surface area contributed by atoms with Crippen LogP contribution in [0, 0.1) is 6.92 Å². The quantitative estimate of drug-likeness (QED) is 0.565. The summed E-state index contributed by atoms with van der Waals surface area (Å²) in [5.41, 5.74) is 2.90. The van der Waals surface area contributed by atoms with Crippen LogP contribution in [-0.4, -0.2) is 6.29 Å². The fourth-order valence-corrected chi connectivity index (χ4v) is 0.881. The maximum atomic E-state index is 10.3. The van der Waals surface area contributed by atoms with Gasteiger partial charge in [-0.1, -0.05) is 17.7 Å². The molecule has 0 spiro atoms. The monoisotopic (exact) mass is 175 g/mol. The minimum absolute atomic E-state index is 0.681. The largest absolute Gasteiger partial charge is 0.361 e. The van der Waals surface area contributed by atoms with E-state index < -0.39 is 0 Å². The van der Waals surface area contributed by atoms with Crippen molar-refractivity contribution in [2.24, 2.45) is 0 Å². The molecule has 13 heavy (non-hydrogen) atoms. The van der Waals surface area contributed by atoms with Crippen LogP contribution in [0.1, 0.15) is 12.5 Å². The third-order valence-electron chi connectivity index (χ3n) is 1.70. The molecule has 0 saturated carbocycles. The molecule has 1 aromatic carbocycles. The predicted molar refractivity (Wildman–Crippen MR) is 54.6 cm³/mol. The number of carbonyl (C=O) groups excluding carboxylic acids is 1. The summed E-state index contributed by atoms with van der Waals surface area (Å²) in [6.07, 6.45) is 2.51. The molecule has 0 fully saturated rings. The molecule has 0 aliphatic rings. The van der Waals surface area contributed by atoms with Crippen LogP contribution in [0.15, 0.2) is 36.0 Å². The van der Waals surface area contributed by atoms with E-state index in [1.807, 2.05) is 31.2 Å². The number of aldehydes is 1. The molecular weight excluding hydrogens is 162 g/mol. The van der Waals surface area contributed by atoms with Crippen LogP contribution < -0.4 is 5.32 Å². The van der Waals surface area contributed by atoms with Crippen LogP contribution in [-0.2, 0) is 4.79 Å². The Morgan fingerprint density at radius 2 is 1.92 bits per heavy atom. The van der Waals surface area contributed by atoms with E-state index in [4.69, 9.17) is 0 Å². The number of carbonyl (C=O) groups is 1. The summed E-state index contributed by atoms with van der Waals surface area (Å²) in [5.74, 6) is 0. The Kier molecular flexibility index (Phi) is 3.26. The van der Waals surface area contributed by atoms with Gasteiger partial charge in [0.25, 0.3) is 0 Å². The molecule has 68 valence electrons. The van der Waals surface area contributed by atoms with E-state index in [0.29, 0.717) is 5.57 Å². The average Bonchev–Trinajstić information content (AvgIpc) is 2.16. The molecule has 0 amide bonds. The zero-order valence-electron chi connectivity index (χ0n) is 7.87. The first-order valence-corrected chi connectivity index (χ1v) is 4.17. The lowest BCUT2D eigenvalue weighted by Gasteiger charge is -2.00. The molecule has 0 aromatic heterocycles. The maximum absolute atomic E-state index is 10.3. The highest BCUT2D eigenvalue weighted by Crippen LogP contribution is 2.08. The van der Waals surface area contributed by atoms with Gasteiger partial charge in [-0.3, -0.25) is 4.79 Å². The number of allylic oxidation sites excluding steroid dienone is 1. The Morgan fingerprint density at radius 1 is 1.31 bits per heavy atom. The van der Waals surface area contributed by atoms with Crippen molar-refractivity contribution in [2.45, 2.75) is 13.8 Å². The number of hydrogen-bond acceptors (Lipinski definition) is 2. The highest BCUT2D eigenvalue weighted by molar-refractivity contribution is 5.73. The molecule has 1 rings (SSSR count). The third-order valence-corrected chi connectivity index (χ3v) is 1.70. The smallest absolute Gasteiger partial charge is 0.147 e. The third kappa shape index (κ3) is 3.11. The molecule has 0 bridgehead atoms. The summed E-state index contributed by atoms with van der Waals surface area (Å²) in [4.78, 5) is 10.3. The van der Waals surface area contributed by atoms with E-state index in [1.54, 1.807) is 13.1 Å². The second-order valence-electron chi connectivity index (χ2n) is 3.02. The van der Waals surface area contributed by atoms with Crippen LogP contribution in [0.3, 0.4) is 0 Å². The number of nitrogens with one attached hydrogen (secondary N) is 1. The molecule has 0 radical (unpaired) electrons. The first-order chi connectivity index (χ1) is 6.22. The summed E-state index contributed by atoms with van der Waals surface area (Å²) in [7, 11) is 0. The van der Waals surface area contributed by atoms with Crippen molar-refractivity contribution in [1.82, 2.24) is 0 Å². The summed E-state index contributed by atoms with van der Waals surface area (Å²) in [5, 5.41) is 3.03. The zero-order valence-corrected chi connectivity index (χ0v) is 7.87. The SMILES string of the molecule is C/C(C=O)=C\Nc1ccc(C)cc1. The van der Waals surface area contributed by atoms with Crippen molar-refractivity contribution in [3.63, 3.8) is 0 Å². The van der Waals surface area contributed by atoms with Gasteiger partial charge in [-0.15, -0.1) is 0 Å². The molecule has 0 atom stereocenters. The van der Waals surface area contributed by atoms with Crippen molar-refractivity contribution in [3.05, 3.63) is 41.6 Å². The van der Waals surface area contributed by atoms with Gasteiger partial charge in [0, 0.05) is 17.5 Å². The first-order valence-electron chi connectivity index (χ1n) is 4.17. The predicted octanol–water partition coefficient (Wildman–Crippen LogP) is 2.51. The molecule has 0 saturated heterocycles. The molecule has 0 aliphatic carbocycles. The van der Waals surface area contributed by atoms with Crippen LogP contribution in [0.25, 0.3) is 0 Å². The highest BCUT2D eigenvalue weighted by atomic mass is 16.1. The summed E-state index contributed by atoms with van der Waals surface area (Å²) in [6, 6.07) is 7.99. The van der Waals surface area contributed by atoms with Crippen LogP contribution >= 0.6 is 0 Å². The molecule has 2 heteroatoms. The Balaban J connectivity index is 2.65. The molecule has 1 N–H and O–H groups in total. The van der Waals surface area contributed by atoms with E-state index in [2.05, 4.69) is 5.32 Å². The fourth-order valence-electron chi connectivity index (χ4n) is 0.881. The minimum atomic E-state index is 0.681. The van der Waals surface area contributed by atoms with E-state index in [0.717, 1.165) is 12.0 Å². The molecular formula is C11H13NO. The van der Waals surface area contributed by atoms with Crippen molar-refractivity contribution in [1.29, 1.82) is 0 Å². The normalized spacial score (nSPS) is 11.1. The number of rotatable bonds is 3. The number of benzene rings is 1. The van der Waals surface area contributed by atoms with Crippen molar-refractivity contribution >= 4 is 12.0 Å². The van der Waals surface area contributed by atoms with Gasteiger partial charge in [0.1, 0.15) is 6.29 Å². The van der Waals surface area contributed by atoms with Gasteiger partial charge in [0.05, 0.1) is 0 Å².